The number of unbranched alkanes of at least 4 members (excludes halogenated alkanes) is 4. The molecule has 12 heteroatoms. The number of nitrogens with zero attached hydrogens (tertiary/aromatic N) is 2. The largest absolute Gasteiger partial charge is 0.461 e. The van der Waals surface area contributed by atoms with Crippen molar-refractivity contribution in [3.8, 4) is 6.07 Å². The van der Waals surface area contributed by atoms with Gasteiger partial charge in [-0.15, -0.1) is 0 Å². The summed E-state index contributed by atoms with van der Waals surface area (Å²) < 4.78 is 5.29. The number of anilines is 2. The number of benzene rings is 1. The van der Waals surface area contributed by atoms with Crippen LogP contribution in [0.4, 0.5) is 21.2 Å². The number of hydrogen-bond acceptors (Lipinski definition) is 7. The van der Waals surface area contributed by atoms with Gasteiger partial charge in [0.1, 0.15) is 11.6 Å². The Morgan fingerprint density at radius 2 is 1.61 bits per heavy atom. The van der Waals surface area contributed by atoms with Crippen LogP contribution in [0.5, 0.6) is 0 Å². The minimum absolute atomic E-state index is 0.0640. The minimum atomic E-state index is -0.640. The number of urea groups is 2. The zero-order chi connectivity index (χ0) is 32.3. The Balaban J connectivity index is 1.62. The molecule has 44 heavy (non-hydrogen) atoms. The normalized spacial score (nSPS) is 11.8. The second-order valence-electron chi connectivity index (χ2n) is 11.0. The van der Waals surface area contributed by atoms with Gasteiger partial charge in [0.2, 0.25) is 5.95 Å². The zero-order valence-electron chi connectivity index (χ0n) is 26.1. The zero-order valence-corrected chi connectivity index (χ0v) is 26.1. The molecule has 0 spiro atoms. The van der Waals surface area contributed by atoms with Gasteiger partial charge in [-0.1, -0.05) is 65.5 Å². The molecule has 0 aliphatic rings. The van der Waals surface area contributed by atoms with E-state index in [1.54, 1.807) is 24.3 Å². The first-order valence-electron chi connectivity index (χ1n) is 15.2. The Bertz CT molecular complexity index is 1350. The fourth-order valence-corrected chi connectivity index (χ4v) is 4.06. The maximum atomic E-state index is 12.3. The molecule has 1 aromatic carbocycles. The molecule has 238 valence electrons. The number of rotatable bonds is 17. The Morgan fingerprint density at radius 1 is 0.977 bits per heavy atom. The predicted octanol–water partition coefficient (Wildman–Crippen LogP) is 5.67. The van der Waals surface area contributed by atoms with Crippen molar-refractivity contribution >= 4 is 35.7 Å². The summed E-state index contributed by atoms with van der Waals surface area (Å²) in [5.41, 5.74) is 1.42. The van der Waals surface area contributed by atoms with E-state index in [1.807, 2.05) is 26.8 Å². The van der Waals surface area contributed by atoms with E-state index in [2.05, 4.69) is 38.2 Å². The van der Waals surface area contributed by atoms with Crippen LogP contribution in [-0.2, 0) is 9.53 Å². The Hall–Kier alpha value is -4.66. The third kappa shape index (κ3) is 14.0. The van der Waals surface area contributed by atoms with Gasteiger partial charge >= 0.3 is 18.0 Å². The van der Waals surface area contributed by atoms with Gasteiger partial charge in [0, 0.05) is 24.8 Å². The second-order valence-corrected chi connectivity index (χ2v) is 11.0. The Labute approximate surface area is 259 Å². The van der Waals surface area contributed by atoms with Crippen LogP contribution in [-0.4, -0.2) is 47.7 Å². The third-order valence-electron chi connectivity index (χ3n) is 6.63. The molecule has 4 amide bonds. The number of carbonyl (C=O) groups is 3. The van der Waals surface area contributed by atoms with Gasteiger partial charge in [-0.2, -0.15) is 5.26 Å². The number of H-pyrrole nitrogens is 1. The van der Waals surface area contributed by atoms with Gasteiger partial charge in [0.05, 0.1) is 12.3 Å². The number of aromatic amines is 1. The number of hydrogen-bond donors (Lipinski definition) is 5. The molecule has 0 aliphatic heterocycles. The topological polar surface area (TPSA) is 178 Å². The summed E-state index contributed by atoms with van der Waals surface area (Å²) >= 11 is 0. The summed E-state index contributed by atoms with van der Waals surface area (Å²) in [6, 6.07) is 9.33. The monoisotopic (exact) mass is 607 g/mol. The van der Waals surface area contributed by atoms with E-state index in [4.69, 9.17) is 4.74 Å². The number of carbonyl (C=O) groups excluding carboxylic acids is 3. The van der Waals surface area contributed by atoms with Crippen LogP contribution in [0, 0.1) is 17.2 Å². The van der Waals surface area contributed by atoms with E-state index in [0.29, 0.717) is 30.0 Å². The molecule has 5 N–H and O–H groups in total. The number of ether oxygens (including phenoxy) is 1. The molecule has 12 nitrogen and oxygen atoms in total. The molecule has 2 aromatic rings. The SMILES string of the molecule is CCCCC(C)COC(=O)C(C#N)=Cc1ccc(NC(=O)NCCCCCCNC(=O)Nc2nc(C(C)C)cc(=O)[nH]2)cc1. The average molecular weight is 608 g/mol. The van der Waals surface area contributed by atoms with Gasteiger partial charge in [-0.25, -0.2) is 19.4 Å². The molecule has 0 bridgehead atoms. The van der Waals surface area contributed by atoms with Crippen molar-refractivity contribution in [2.75, 3.05) is 30.3 Å². The Kier molecular flexibility index (Phi) is 15.8. The minimum Gasteiger partial charge on any atom is -0.461 e. The van der Waals surface area contributed by atoms with Crippen LogP contribution in [0.2, 0.25) is 0 Å². The van der Waals surface area contributed by atoms with Crippen LogP contribution < -0.4 is 26.8 Å². The molecule has 0 radical (unpaired) electrons. The van der Waals surface area contributed by atoms with Crippen LogP contribution in [0.25, 0.3) is 6.08 Å². The van der Waals surface area contributed by atoms with Crippen molar-refractivity contribution < 1.29 is 19.1 Å². The van der Waals surface area contributed by atoms with Crippen molar-refractivity contribution in [1.29, 1.82) is 5.26 Å². The van der Waals surface area contributed by atoms with E-state index in [0.717, 1.165) is 44.9 Å². The lowest BCUT2D eigenvalue weighted by Crippen LogP contribution is -2.31. The number of aromatic nitrogens is 2. The first-order chi connectivity index (χ1) is 21.1. The molecule has 1 unspecified atom stereocenters. The second kappa shape index (κ2) is 19.5. The highest BCUT2D eigenvalue weighted by Gasteiger charge is 2.13. The lowest BCUT2D eigenvalue weighted by molar-refractivity contribution is -0.139. The van der Waals surface area contributed by atoms with Gasteiger partial charge in [0.15, 0.2) is 0 Å². The molecule has 0 saturated heterocycles. The summed E-state index contributed by atoms with van der Waals surface area (Å²) in [6.45, 7) is 9.20. The van der Waals surface area contributed by atoms with Crippen LogP contribution in [0.3, 0.4) is 0 Å². The van der Waals surface area contributed by atoms with Crippen LogP contribution in [0.15, 0.2) is 40.7 Å². The van der Waals surface area contributed by atoms with E-state index < -0.39 is 12.0 Å². The fraction of sp³-hybridized carbons (Fsp3) is 0.500. The number of amides is 4. The predicted molar refractivity (Wildman–Crippen MR) is 171 cm³/mol. The standard InChI is InChI=1S/C32H45N7O5/c1-5-6-11-23(4)21-44-29(41)25(20-33)18-24-12-14-26(15-13-24)36-31(42)34-16-9-7-8-10-17-35-32(43)39-30-37-27(22(2)3)19-28(40)38-30/h12-15,18-19,22-23H,5-11,16-17,21H2,1-4H3,(H2,34,36,42)(H3,35,37,38,39,40,43). The molecule has 1 heterocycles. The van der Waals surface area contributed by atoms with Crippen LogP contribution in [0.1, 0.15) is 89.8 Å². The lowest BCUT2D eigenvalue weighted by atomic mass is 10.1. The third-order valence-corrected chi connectivity index (χ3v) is 6.63. The summed E-state index contributed by atoms with van der Waals surface area (Å²) in [5, 5.41) is 20.2. The molecule has 0 saturated carbocycles. The molecule has 0 fully saturated rings. The van der Waals surface area contributed by atoms with Gasteiger partial charge in [-0.05, 0) is 54.9 Å². The highest BCUT2D eigenvalue weighted by atomic mass is 16.5. The number of nitrogens with one attached hydrogen (secondary N) is 5. The van der Waals surface area contributed by atoms with E-state index in [-0.39, 0.29) is 41.6 Å². The first-order valence-corrected chi connectivity index (χ1v) is 15.2. The average Bonchev–Trinajstić information content (AvgIpc) is 2.99. The maximum Gasteiger partial charge on any atom is 0.348 e. The molecule has 1 aromatic heterocycles. The van der Waals surface area contributed by atoms with Crippen molar-refractivity contribution in [3.63, 3.8) is 0 Å². The first kappa shape index (κ1) is 35.5. The number of esters is 1. The van der Waals surface area contributed by atoms with E-state index in [9.17, 15) is 24.4 Å². The lowest BCUT2D eigenvalue weighted by Gasteiger charge is -2.11. The Morgan fingerprint density at radius 3 is 2.20 bits per heavy atom. The van der Waals surface area contributed by atoms with Crippen molar-refractivity contribution in [2.45, 2.75) is 78.6 Å². The summed E-state index contributed by atoms with van der Waals surface area (Å²) in [6.07, 6.45) is 7.87. The summed E-state index contributed by atoms with van der Waals surface area (Å²) in [4.78, 5) is 55.0. The molecular weight excluding hydrogens is 562 g/mol. The summed E-state index contributed by atoms with van der Waals surface area (Å²) in [7, 11) is 0. The quantitative estimate of drug-likeness (QED) is 0.0665. The van der Waals surface area contributed by atoms with E-state index >= 15 is 0 Å². The molecular formula is C32H45N7O5. The van der Waals surface area contributed by atoms with Crippen LogP contribution >= 0.6 is 0 Å². The van der Waals surface area contributed by atoms with Gasteiger partial charge in [0.25, 0.3) is 5.56 Å². The molecule has 1 atom stereocenters. The smallest absolute Gasteiger partial charge is 0.348 e. The van der Waals surface area contributed by atoms with Gasteiger partial charge < -0.3 is 20.7 Å². The van der Waals surface area contributed by atoms with Crippen molar-refractivity contribution in [2.24, 2.45) is 5.92 Å². The fourth-order valence-electron chi connectivity index (χ4n) is 4.06. The summed E-state index contributed by atoms with van der Waals surface area (Å²) in [5.74, 6) is -0.221. The molecule has 0 aliphatic carbocycles. The molecule has 2 rings (SSSR count). The van der Waals surface area contributed by atoms with E-state index in [1.165, 1.54) is 12.1 Å². The maximum absolute atomic E-state index is 12.3. The van der Waals surface area contributed by atoms with Gasteiger partial charge in [-0.3, -0.25) is 15.1 Å². The van der Waals surface area contributed by atoms with Crippen molar-refractivity contribution in [1.82, 2.24) is 20.6 Å². The highest BCUT2D eigenvalue weighted by Crippen LogP contribution is 2.15. The number of nitriles is 1. The van der Waals surface area contributed by atoms with Crippen molar-refractivity contribution in [3.05, 3.63) is 57.5 Å². The highest BCUT2D eigenvalue weighted by molar-refractivity contribution is 5.98.